The monoisotopic (exact) mass is 261 g/mol. The number of benzene rings is 1. The zero-order chi connectivity index (χ0) is 13.0. The molecule has 94 valence electrons. The van der Waals surface area contributed by atoms with Gasteiger partial charge in [0.05, 0.1) is 5.75 Å². The van der Waals surface area contributed by atoms with Gasteiger partial charge >= 0.3 is 0 Å². The fourth-order valence-electron chi connectivity index (χ4n) is 1.67. The molecule has 4 nitrogen and oxygen atoms in total. The van der Waals surface area contributed by atoms with Crippen molar-refractivity contribution in [2.24, 2.45) is 0 Å². The van der Waals surface area contributed by atoms with Gasteiger partial charge in [-0.3, -0.25) is 4.79 Å². The van der Waals surface area contributed by atoms with Gasteiger partial charge in [-0.2, -0.15) is 0 Å². The summed E-state index contributed by atoms with van der Waals surface area (Å²) in [7, 11) is 0. The zero-order valence-corrected chi connectivity index (χ0v) is 11.3. The van der Waals surface area contributed by atoms with E-state index in [2.05, 4.69) is 10.2 Å². The summed E-state index contributed by atoms with van der Waals surface area (Å²) in [4.78, 5) is 11.9. The Labute approximate surface area is 110 Å². The zero-order valence-electron chi connectivity index (χ0n) is 10.5. The first-order valence-corrected chi connectivity index (χ1v) is 6.81. The summed E-state index contributed by atoms with van der Waals surface area (Å²) in [5, 5.41) is 8.90. The maximum atomic E-state index is 11.9. The number of nitrogens with zero attached hydrogens (tertiary/aromatic N) is 3. The normalized spacial score (nSPS) is 10.6. The molecule has 0 N–H and O–H groups in total. The van der Waals surface area contributed by atoms with Crippen molar-refractivity contribution in [2.45, 2.75) is 25.5 Å². The number of aromatic nitrogens is 3. The minimum absolute atomic E-state index is 0.115. The highest BCUT2D eigenvalue weighted by Crippen LogP contribution is 2.18. The van der Waals surface area contributed by atoms with Gasteiger partial charge < -0.3 is 4.57 Å². The lowest BCUT2D eigenvalue weighted by molar-refractivity contribution is 0.102. The van der Waals surface area contributed by atoms with E-state index in [-0.39, 0.29) is 5.78 Å². The van der Waals surface area contributed by atoms with Crippen molar-refractivity contribution in [3.63, 3.8) is 0 Å². The Hall–Kier alpha value is -1.62. The third kappa shape index (κ3) is 2.79. The molecule has 0 aliphatic heterocycles. The van der Waals surface area contributed by atoms with Gasteiger partial charge in [0.2, 0.25) is 0 Å². The highest BCUT2D eigenvalue weighted by Gasteiger charge is 2.11. The highest BCUT2D eigenvalue weighted by atomic mass is 32.2. The molecule has 0 bridgehead atoms. The fourth-order valence-corrected chi connectivity index (χ4v) is 2.61. The largest absolute Gasteiger partial charge is 0.307 e. The molecular weight excluding hydrogens is 246 g/mol. The number of carbonyl (C=O) groups excluding carboxylic acids is 1. The molecule has 2 aromatic rings. The van der Waals surface area contributed by atoms with E-state index in [9.17, 15) is 4.79 Å². The van der Waals surface area contributed by atoms with Crippen molar-refractivity contribution in [1.82, 2.24) is 14.8 Å². The summed E-state index contributed by atoms with van der Waals surface area (Å²) in [6.45, 7) is 4.78. The van der Waals surface area contributed by atoms with Crippen LogP contribution in [0.5, 0.6) is 0 Å². The number of hydrogen-bond donors (Lipinski definition) is 0. The first kappa shape index (κ1) is 12.8. The Bertz CT molecular complexity index is 536. The van der Waals surface area contributed by atoms with Crippen molar-refractivity contribution < 1.29 is 4.79 Å². The smallest absolute Gasteiger partial charge is 0.191 e. The molecule has 0 aliphatic rings. The van der Waals surface area contributed by atoms with Crippen LogP contribution in [0.25, 0.3) is 0 Å². The van der Waals surface area contributed by atoms with E-state index in [1.165, 1.54) is 11.8 Å². The van der Waals surface area contributed by atoms with Crippen LogP contribution in [0, 0.1) is 6.92 Å². The number of rotatable bonds is 5. The van der Waals surface area contributed by atoms with Crippen molar-refractivity contribution in [3.05, 3.63) is 41.7 Å². The van der Waals surface area contributed by atoms with Gasteiger partial charge in [0.25, 0.3) is 0 Å². The van der Waals surface area contributed by atoms with E-state index in [1.54, 1.807) is 0 Å². The van der Waals surface area contributed by atoms with Crippen LogP contribution in [0.4, 0.5) is 0 Å². The molecule has 1 aromatic heterocycles. The van der Waals surface area contributed by atoms with Crippen molar-refractivity contribution >= 4 is 17.5 Å². The van der Waals surface area contributed by atoms with Crippen molar-refractivity contribution in [3.8, 4) is 0 Å². The molecule has 0 atom stereocenters. The predicted octanol–water partition coefficient (Wildman–Crippen LogP) is 2.58. The Morgan fingerprint density at radius 3 is 2.67 bits per heavy atom. The Morgan fingerprint density at radius 2 is 2.00 bits per heavy atom. The van der Waals surface area contributed by atoms with Crippen LogP contribution < -0.4 is 0 Å². The molecule has 0 spiro atoms. The molecule has 0 unspecified atom stereocenters. The first-order chi connectivity index (χ1) is 8.72. The van der Waals surface area contributed by atoms with E-state index >= 15 is 0 Å². The van der Waals surface area contributed by atoms with Crippen LogP contribution >= 0.6 is 11.8 Å². The topological polar surface area (TPSA) is 47.8 Å². The average Bonchev–Trinajstić information content (AvgIpc) is 2.77. The molecule has 18 heavy (non-hydrogen) atoms. The number of ketones is 1. The van der Waals surface area contributed by atoms with E-state index in [4.69, 9.17) is 0 Å². The second kappa shape index (κ2) is 5.82. The lowest BCUT2D eigenvalue weighted by atomic mass is 10.2. The van der Waals surface area contributed by atoms with E-state index in [0.29, 0.717) is 5.75 Å². The van der Waals surface area contributed by atoms with Crippen LogP contribution in [0.15, 0.2) is 35.5 Å². The van der Waals surface area contributed by atoms with Crippen LogP contribution in [0.1, 0.15) is 23.1 Å². The number of Topliss-reactive ketones (excluding diaryl/α,β-unsaturated/α-hetero) is 1. The quantitative estimate of drug-likeness (QED) is 0.613. The predicted molar refractivity (Wildman–Crippen MR) is 71.9 cm³/mol. The fraction of sp³-hybridized carbons (Fsp3) is 0.308. The summed E-state index contributed by atoms with van der Waals surface area (Å²) in [6.07, 6.45) is 0. The molecule has 0 fully saturated rings. The second-order valence-corrected chi connectivity index (χ2v) is 4.79. The molecular formula is C13H15N3OS. The molecule has 0 aliphatic carbocycles. The lowest BCUT2D eigenvalue weighted by Crippen LogP contribution is -2.04. The van der Waals surface area contributed by atoms with Gasteiger partial charge in [0.1, 0.15) is 5.82 Å². The maximum Gasteiger partial charge on any atom is 0.191 e. The minimum Gasteiger partial charge on any atom is -0.307 e. The minimum atomic E-state index is 0.115. The summed E-state index contributed by atoms with van der Waals surface area (Å²) >= 11 is 1.44. The molecule has 5 heteroatoms. The average molecular weight is 261 g/mol. The number of carbonyl (C=O) groups is 1. The lowest BCUT2D eigenvalue weighted by Gasteiger charge is -2.04. The third-order valence-corrected chi connectivity index (χ3v) is 3.61. The van der Waals surface area contributed by atoms with Gasteiger partial charge in [-0.15, -0.1) is 10.2 Å². The van der Waals surface area contributed by atoms with Crippen molar-refractivity contribution in [2.75, 3.05) is 5.75 Å². The van der Waals surface area contributed by atoms with Gasteiger partial charge in [-0.25, -0.2) is 0 Å². The highest BCUT2D eigenvalue weighted by molar-refractivity contribution is 7.99. The van der Waals surface area contributed by atoms with Gasteiger partial charge in [-0.1, -0.05) is 42.1 Å². The van der Waals surface area contributed by atoms with E-state index in [1.807, 2.05) is 48.7 Å². The molecule has 0 radical (unpaired) electrons. The van der Waals surface area contributed by atoms with Crippen LogP contribution in [0.3, 0.4) is 0 Å². The summed E-state index contributed by atoms with van der Waals surface area (Å²) in [6, 6.07) is 9.31. The third-order valence-electron chi connectivity index (χ3n) is 2.65. The molecule has 0 saturated heterocycles. The van der Waals surface area contributed by atoms with E-state index < -0.39 is 0 Å². The van der Waals surface area contributed by atoms with Crippen LogP contribution in [0.2, 0.25) is 0 Å². The van der Waals surface area contributed by atoms with Gasteiger partial charge in [0, 0.05) is 12.1 Å². The summed E-state index contributed by atoms with van der Waals surface area (Å²) < 4.78 is 2.00. The molecule has 1 heterocycles. The van der Waals surface area contributed by atoms with Crippen molar-refractivity contribution in [1.29, 1.82) is 0 Å². The summed E-state index contributed by atoms with van der Waals surface area (Å²) in [5.74, 6) is 1.39. The Morgan fingerprint density at radius 1 is 1.28 bits per heavy atom. The Kier molecular flexibility index (Phi) is 4.15. The number of hydrogen-bond acceptors (Lipinski definition) is 4. The van der Waals surface area contributed by atoms with Crippen LogP contribution in [-0.2, 0) is 6.54 Å². The molecule has 0 saturated carbocycles. The molecule has 2 rings (SSSR count). The summed E-state index contributed by atoms with van der Waals surface area (Å²) in [5.41, 5.74) is 0.740. The maximum absolute atomic E-state index is 11.9. The first-order valence-electron chi connectivity index (χ1n) is 5.83. The standard InChI is InChI=1S/C13H15N3OS/c1-3-16-10(2)14-15-13(16)18-9-12(17)11-7-5-4-6-8-11/h4-8H,3,9H2,1-2H3. The van der Waals surface area contributed by atoms with Crippen LogP contribution in [-0.4, -0.2) is 26.3 Å². The van der Waals surface area contributed by atoms with Gasteiger partial charge in [0.15, 0.2) is 10.9 Å². The SMILES string of the molecule is CCn1c(C)nnc1SCC(=O)c1ccccc1. The Balaban J connectivity index is 2.02. The molecule has 1 aromatic carbocycles. The van der Waals surface area contributed by atoms with Gasteiger partial charge in [-0.05, 0) is 13.8 Å². The number of aryl methyl sites for hydroxylation is 1. The van der Waals surface area contributed by atoms with E-state index in [0.717, 1.165) is 23.1 Å². The number of thioether (sulfide) groups is 1. The second-order valence-electron chi connectivity index (χ2n) is 3.85. The molecule has 0 amide bonds.